The highest BCUT2D eigenvalue weighted by molar-refractivity contribution is 6.32. The number of phenolic OH excluding ortho intramolecular Hbond substituents is 2. The molecule has 0 saturated heterocycles. The van der Waals surface area contributed by atoms with E-state index in [0.29, 0.717) is 0 Å². The summed E-state index contributed by atoms with van der Waals surface area (Å²) in [5.41, 5.74) is 0.0674. The van der Waals surface area contributed by atoms with Gasteiger partial charge in [0.05, 0.1) is 5.02 Å². The molecule has 0 aromatic heterocycles. The lowest BCUT2D eigenvalue weighted by atomic mass is 10.1. The molecular weight excluding hydrogens is 211 g/mol. The zero-order valence-electron chi connectivity index (χ0n) is 7.34. The number of Topliss-reactive ketones (excluding diaryl/α,β-unsaturated/α-hetero) is 1. The van der Waals surface area contributed by atoms with E-state index in [1.165, 1.54) is 6.92 Å². The van der Waals surface area contributed by atoms with Crippen LogP contribution in [0, 0.1) is 5.82 Å². The summed E-state index contributed by atoms with van der Waals surface area (Å²) in [5.74, 6) is -2.98. The molecule has 0 spiro atoms. The topological polar surface area (TPSA) is 57.5 Å². The Bertz CT molecular complexity index is 390. The number of carbonyl (C=O) groups is 1. The summed E-state index contributed by atoms with van der Waals surface area (Å²) in [7, 11) is 0. The van der Waals surface area contributed by atoms with Gasteiger partial charge in [0.15, 0.2) is 11.5 Å². The van der Waals surface area contributed by atoms with Gasteiger partial charge >= 0.3 is 0 Å². The van der Waals surface area contributed by atoms with Crippen LogP contribution >= 0.6 is 11.6 Å². The van der Waals surface area contributed by atoms with E-state index in [2.05, 4.69) is 0 Å². The highest BCUT2D eigenvalue weighted by Gasteiger charge is 2.16. The van der Waals surface area contributed by atoms with Crippen molar-refractivity contribution < 1.29 is 19.4 Å². The van der Waals surface area contributed by atoms with Crippen molar-refractivity contribution in [3.8, 4) is 11.5 Å². The summed E-state index contributed by atoms with van der Waals surface area (Å²) < 4.78 is 13.0. The number of hydrogen-bond donors (Lipinski definition) is 2. The van der Waals surface area contributed by atoms with Gasteiger partial charge in [0.2, 0.25) is 5.82 Å². The molecule has 0 atom stereocenters. The molecule has 0 heterocycles. The third-order valence-corrected chi connectivity index (χ3v) is 1.97. The maximum Gasteiger partial charge on any atom is 0.208 e. The van der Waals surface area contributed by atoms with E-state index in [0.717, 1.165) is 6.07 Å². The van der Waals surface area contributed by atoms with Crippen LogP contribution in [0.4, 0.5) is 4.39 Å². The van der Waals surface area contributed by atoms with Gasteiger partial charge in [-0.25, -0.2) is 0 Å². The first-order valence-electron chi connectivity index (χ1n) is 3.81. The number of ketones is 1. The van der Waals surface area contributed by atoms with Crippen LogP contribution in [-0.2, 0) is 11.2 Å². The summed E-state index contributed by atoms with van der Waals surface area (Å²) in [6.45, 7) is 1.30. The van der Waals surface area contributed by atoms with Gasteiger partial charge in [0, 0.05) is 12.0 Å². The van der Waals surface area contributed by atoms with Crippen LogP contribution in [0.2, 0.25) is 5.02 Å². The summed E-state index contributed by atoms with van der Waals surface area (Å²) in [6.07, 6.45) is -0.122. The van der Waals surface area contributed by atoms with Crippen molar-refractivity contribution in [1.82, 2.24) is 0 Å². The fourth-order valence-electron chi connectivity index (χ4n) is 1.05. The number of benzene rings is 1. The smallest absolute Gasteiger partial charge is 0.208 e. The molecule has 0 aliphatic carbocycles. The van der Waals surface area contributed by atoms with E-state index in [1.807, 2.05) is 0 Å². The maximum atomic E-state index is 13.0. The van der Waals surface area contributed by atoms with Crippen LogP contribution in [0.15, 0.2) is 6.07 Å². The number of carbonyl (C=O) groups excluding carboxylic acids is 1. The van der Waals surface area contributed by atoms with Gasteiger partial charge in [-0.15, -0.1) is 0 Å². The minimum absolute atomic E-state index is 0.0674. The fourth-order valence-corrected chi connectivity index (χ4v) is 1.27. The zero-order chi connectivity index (χ0) is 10.9. The molecule has 0 saturated carbocycles. The molecule has 0 unspecified atom stereocenters. The maximum absolute atomic E-state index is 13.0. The Labute approximate surface area is 84.7 Å². The Morgan fingerprint density at radius 3 is 2.57 bits per heavy atom. The lowest BCUT2D eigenvalue weighted by Gasteiger charge is -2.06. The molecule has 2 N–H and O–H groups in total. The largest absolute Gasteiger partial charge is 0.505 e. The van der Waals surface area contributed by atoms with Crippen LogP contribution in [0.1, 0.15) is 12.5 Å². The molecule has 0 bridgehead atoms. The number of aromatic hydroxyl groups is 2. The van der Waals surface area contributed by atoms with Gasteiger partial charge in [0.25, 0.3) is 0 Å². The molecule has 1 aromatic carbocycles. The number of hydrogen-bond acceptors (Lipinski definition) is 3. The third-order valence-electron chi connectivity index (χ3n) is 1.69. The Morgan fingerprint density at radius 2 is 2.07 bits per heavy atom. The SMILES string of the molecule is CC(=O)Cc1cc(Cl)c(O)c(F)c1O. The predicted octanol–water partition coefficient (Wildman–Crippen LogP) is 2.02. The second kappa shape index (κ2) is 3.84. The van der Waals surface area contributed by atoms with Crippen LogP contribution in [0.25, 0.3) is 0 Å². The molecule has 0 fully saturated rings. The molecule has 0 radical (unpaired) electrons. The molecule has 1 aromatic rings. The van der Waals surface area contributed by atoms with Gasteiger partial charge in [-0.2, -0.15) is 4.39 Å². The molecule has 1 rings (SSSR count). The highest BCUT2D eigenvalue weighted by Crippen LogP contribution is 2.35. The fraction of sp³-hybridized carbons (Fsp3) is 0.222. The summed E-state index contributed by atoms with van der Waals surface area (Å²) >= 11 is 5.46. The monoisotopic (exact) mass is 218 g/mol. The lowest BCUT2D eigenvalue weighted by Crippen LogP contribution is -1.98. The molecule has 3 nitrogen and oxygen atoms in total. The quantitative estimate of drug-likeness (QED) is 0.799. The number of rotatable bonds is 2. The number of halogens is 2. The van der Waals surface area contributed by atoms with E-state index in [4.69, 9.17) is 16.7 Å². The van der Waals surface area contributed by atoms with E-state index in [-0.39, 0.29) is 22.8 Å². The molecule has 5 heteroatoms. The van der Waals surface area contributed by atoms with Crippen LogP contribution < -0.4 is 0 Å². The van der Waals surface area contributed by atoms with Crippen molar-refractivity contribution in [2.45, 2.75) is 13.3 Å². The van der Waals surface area contributed by atoms with E-state index < -0.39 is 17.3 Å². The molecular formula is C9H8ClFO3. The lowest BCUT2D eigenvalue weighted by molar-refractivity contribution is -0.116. The third kappa shape index (κ3) is 1.96. The second-order valence-electron chi connectivity index (χ2n) is 2.91. The van der Waals surface area contributed by atoms with Crippen LogP contribution in [0.5, 0.6) is 11.5 Å². The minimum Gasteiger partial charge on any atom is -0.505 e. The van der Waals surface area contributed by atoms with Crippen molar-refractivity contribution in [3.05, 3.63) is 22.5 Å². The van der Waals surface area contributed by atoms with Crippen LogP contribution in [0.3, 0.4) is 0 Å². The zero-order valence-corrected chi connectivity index (χ0v) is 8.10. The predicted molar refractivity (Wildman–Crippen MR) is 49.1 cm³/mol. The van der Waals surface area contributed by atoms with Gasteiger partial charge < -0.3 is 10.2 Å². The second-order valence-corrected chi connectivity index (χ2v) is 3.31. The highest BCUT2D eigenvalue weighted by atomic mass is 35.5. The van der Waals surface area contributed by atoms with E-state index >= 15 is 0 Å². The molecule has 76 valence electrons. The Hall–Kier alpha value is -1.29. The van der Waals surface area contributed by atoms with Crippen LogP contribution in [-0.4, -0.2) is 16.0 Å². The van der Waals surface area contributed by atoms with Crippen molar-refractivity contribution in [2.24, 2.45) is 0 Å². The summed E-state index contributed by atoms with van der Waals surface area (Å²) in [4.78, 5) is 10.7. The first-order chi connectivity index (χ1) is 6.43. The van der Waals surface area contributed by atoms with Gasteiger partial charge in [-0.05, 0) is 13.0 Å². The standard InChI is InChI=1S/C9H8ClFO3/c1-4(12)2-5-3-6(10)9(14)7(11)8(5)13/h3,13-14H,2H2,1H3. The van der Waals surface area contributed by atoms with Gasteiger partial charge in [-0.1, -0.05) is 11.6 Å². The molecule has 0 aliphatic rings. The van der Waals surface area contributed by atoms with E-state index in [9.17, 15) is 14.3 Å². The molecule has 0 aliphatic heterocycles. The summed E-state index contributed by atoms with van der Waals surface area (Å²) in [5, 5.41) is 18.0. The molecule has 14 heavy (non-hydrogen) atoms. The van der Waals surface area contributed by atoms with E-state index in [1.54, 1.807) is 0 Å². The van der Waals surface area contributed by atoms with Crippen molar-refractivity contribution in [3.63, 3.8) is 0 Å². The Morgan fingerprint density at radius 1 is 1.50 bits per heavy atom. The minimum atomic E-state index is -1.20. The average molecular weight is 219 g/mol. The van der Waals surface area contributed by atoms with Crippen molar-refractivity contribution >= 4 is 17.4 Å². The Kier molecular flexibility index (Phi) is 2.96. The van der Waals surface area contributed by atoms with Gasteiger partial charge in [-0.3, -0.25) is 4.79 Å². The van der Waals surface area contributed by atoms with Crippen molar-refractivity contribution in [2.75, 3.05) is 0 Å². The first-order valence-corrected chi connectivity index (χ1v) is 4.19. The molecule has 0 amide bonds. The van der Waals surface area contributed by atoms with Crippen molar-refractivity contribution in [1.29, 1.82) is 0 Å². The first kappa shape index (κ1) is 10.8. The Balaban J connectivity index is 3.25. The van der Waals surface area contributed by atoms with Gasteiger partial charge in [0.1, 0.15) is 5.78 Å². The average Bonchev–Trinajstić information content (AvgIpc) is 2.10. The normalized spacial score (nSPS) is 10.2. The summed E-state index contributed by atoms with van der Waals surface area (Å²) in [6, 6.07) is 1.16. The number of phenols is 2.